The number of carbonyl (C=O) groups excluding carboxylic acids is 1. The van der Waals surface area contributed by atoms with Crippen molar-refractivity contribution in [2.75, 3.05) is 11.6 Å². The lowest BCUT2D eigenvalue weighted by Gasteiger charge is -2.13. The first-order valence-electron chi connectivity index (χ1n) is 6.73. The van der Waals surface area contributed by atoms with Crippen molar-refractivity contribution < 1.29 is 9.53 Å². The van der Waals surface area contributed by atoms with Gasteiger partial charge in [-0.25, -0.2) is 0 Å². The van der Waals surface area contributed by atoms with E-state index in [-0.39, 0.29) is 5.24 Å². The molecule has 21 heavy (non-hydrogen) atoms. The van der Waals surface area contributed by atoms with Gasteiger partial charge in [-0.2, -0.15) is 0 Å². The highest BCUT2D eigenvalue weighted by molar-refractivity contribution is 8.13. The van der Waals surface area contributed by atoms with Crippen molar-refractivity contribution in [3.63, 3.8) is 0 Å². The van der Waals surface area contributed by atoms with E-state index in [9.17, 15) is 4.79 Å². The van der Waals surface area contributed by atoms with Gasteiger partial charge in [-0.1, -0.05) is 47.7 Å². The van der Waals surface area contributed by atoms with Gasteiger partial charge in [-0.05, 0) is 37.8 Å². The average molecular weight is 301 g/mol. The summed E-state index contributed by atoms with van der Waals surface area (Å²) in [6, 6.07) is 13.8. The molecule has 0 atom stereocenters. The monoisotopic (exact) mass is 301 g/mol. The molecule has 2 aromatic rings. The maximum Gasteiger partial charge on any atom is 0.283 e. The Labute approximate surface area is 129 Å². The number of ether oxygens (including phenoxy) is 1. The number of nitrogens with one attached hydrogen (secondary N) is 1. The fourth-order valence-electron chi connectivity index (χ4n) is 2.05. The van der Waals surface area contributed by atoms with Crippen LogP contribution in [-0.4, -0.2) is 11.5 Å². The Balaban J connectivity index is 2.11. The van der Waals surface area contributed by atoms with Gasteiger partial charge in [0.05, 0.1) is 0 Å². The van der Waals surface area contributed by atoms with E-state index in [1.807, 2.05) is 43.3 Å². The molecule has 0 radical (unpaired) electrons. The smallest absolute Gasteiger partial charge is 0.283 e. The first kappa shape index (κ1) is 15.4. The van der Waals surface area contributed by atoms with Crippen molar-refractivity contribution in [2.24, 2.45) is 0 Å². The third kappa shape index (κ3) is 4.26. The van der Waals surface area contributed by atoms with Crippen molar-refractivity contribution in [1.29, 1.82) is 0 Å². The average Bonchev–Trinajstić information content (AvgIpc) is 2.47. The molecule has 0 unspecified atom stereocenters. The van der Waals surface area contributed by atoms with Gasteiger partial charge in [-0.15, -0.1) is 0 Å². The summed E-state index contributed by atoms with van der Waals surface area (Å²) in [6.07, 6.45) is 1.75. The minimum atomic E-state index is -0.0750. The fraction of sp³-hybridized carbons (Fsp3) is 0.235. The van der Waals surface area contributed by atoms with Gasteiger partial charge in [0.25, 0.3) is 5.24 Å². The highest BCUT2D eigenvalue weighted by Gasteiger charge is 2.07. The minimum absolute atomic E-state index is 0.0750. The Hall–Kier alpha value is -1.94. The van der Waals surface area contributed by atoms with Crippen LogP contribution < -0.4 is 10.1 Å². The summed E-state index contributed by atoms with van der Waals surface area (Å²) in [6.45, 7) is 4.52. The minimum Gasteiger partial charge on any atom is -0.489 e. The summed E-state index contributed by atoms with van der Waals surface area (Å²) in [5.41, 5.74) is 4.08. The van der Waals surface area contributed by atoms with Gasteiger partial charge in [0.1, 0.15) is 12.4 Å². The Morgan fingerprint density at radius 3 is 2.67 bits per heavy atom. The molecule has 0 spiro atoms. The maximum atomic E-state index is 11.5. The van der Waals surface area contributed by atoms with E-state index in [0.717, 1.165) is 34.3 Å². The standard InChI is InChI=1S/C17H19NO2S/c1-12-8-9-16(13(2)10-12)20-11-14-6-4-5-7-15(14)18-17(19)21-3/h4-10H,11H2,1-3H3,(H,18,19). The van der Waals surface area contributed by atoms with Crippen LogP contribution >= 0.6 is 11.8 Å². The predicted octanol–water partition coefficient (Wildman–Crippen LogP) is 4.78. The van der Waals surface area contributed by atoms with E-state index < -0.39 is 0 Å². The zero-order valence-corrected chi connectivity index (χ0v) is 13.3. The molecular formula is C17H19NO2S. The third-order valence-electron chi connectivity index (χ3n) is 3.15. The summed E-state index contributed by atoms with van der Waals surface area (Å²) in [5.74, 6) is 0.867. The van der Waals surface area contributed by atoms with Crippen LogP contribution in [0.5, 0.6) is 5.75 Å². The third-order valence-corrected chi connectivity index (χ3v) is 3.63. The summed E-state index contributed by atoms with van der Waals surface area (Å²) in [5, 5.41) is 2.79. The van der Waals surface area contributed by atoms with E-state index in [1.54, 1.807) is 6.26 Å². The Kier molecular flexibility index (Phi) is 5.28. The van der Waals surface area contributed by atoms with E-state index in [0.29, 0.717) is 6.61 Å². The summed E-state index contributed by atoms with van der Waals surface area (Å²) >= 11 is 1.16. The topological polar surface area (TPSA) is 38.3 Å². The number of para-hydroxylation sites is 1. The predicted molar refractivity (Wildman–Crippen MR) is 89.2 cm³/mol. The Morgan fingerprint density at radius 1 is 1.19 bits per heavy atom. The van der Waals surface area contributed by atoms with Gasteiger partial charge >= 0.3 is 0 Å². The number of rotatable bonds is 4. The van der Waals surface area contributed by atoms with Crippen LogP contribution in [0.1, 0.15) is 16.7 Å². The second-order valence-corrected chi connectivity index (χ2v) is 5.61. The van der Waals surface area contributed by atoms with E-state index >= 15 is 0 Å². The highest BCUT2D eigenvalue weighted by atomic mass is 32.2. The summed E-state index contributed by atoms with van der Waals surface area (Å²) < 4.78 is 5.88. The molecule has 1 amide bonds. The van der Waals surface area contributed by atoms with Crippen molar-refractivity contribution in [1.82, 2.24) is 0 Å². The van der Waals surface area contributed by atoms with Crippen molar-refractivity contribution in [2.45, 2.75) is 20.5 Å². The number of anilines is 1. The summed E-state index contributed by atoms with van der Waals surface area (Å²) in [4.78, 5) is 11.5. The van der Waals surface area contributed by atoms with E-state index in [1.165, 1.54) is 5.56 Å². The largest absolute Gasteiger partial charge is 0.489 e. The Morgan fingerprint density at radius 2 is 1.95 bits per heavy atom. The van der Waals surface area contributed by atoms with Crippen LogP contribution in [-0.2, 0) is 6.61 Å². The molecule has 0 aliphatic carbocycles. The molecule has 0 aliphatic heterocycles. The number of benzene rings is 2. The number of hydrogen-bond donors (Lipinski definition) is 1. The molecule has 0 heterocycles. The van der Waals surface area contributed by atoms with Crippen molar-refractivity contribution in [3.8, 4) is 5.75 Å². The molecule has 110 valence electrons. The summed E-state index contributed by atoms with van der Waals surface area (Å²) in [7, 11) is 0. The van der Waals surface area contributed by atoms with Gasteiger partial charge in [-0.3, -0.25) is 4.79 Å². The molecule has 3 nitrogen and oxygen atoms in total. The van der Waals surface area contributed by atoms with Gasteiger partial charge in [0, 0.05) is 11.3 Å². The molecule has 4 heteroatoms. The van der Waals surface area contributed by atoms with Crippen LogP contribution in [0.25, 0.3) is 0 Å². The van der Waals surface area contributed by atoms with Crippen LogP contribution in [0.15, 0.2) is 42.5 Å². The number of aryl methyl sites for hydroxylation is 2. The number of carbonyl (C=O) groups is 1. The van der Waals surface area contributed by atoms with E-state index in [4.69, 9.17) is 4.74 Å². The zero-order valence-electron chi connectivity index (χ0n) is 12.5. The molecular weight excluding hydrogens is 282 g/mol. The van der Waals surface area contributed by atoms with Crippen molar-refractivity contribution >= 4 is 22.7 Å². The zero-order chi connectivity index (χ0) is 15.2. The molecule has 2 rings (SSSR count). The van der Waals surface area contributed by atoms with Crippen LogP contribution in [0.2, 0.25) is 0 Å². The van der Waals surface area contributed by atoms with Crippen LogP contribution in [0, 0.1) is 13.8 Å². The van der Waals surface area contributed by atoms with E-state index in [2.05, 4.69) is 18.3 Å². The van der Waals surface area contributed by atoms with Gasteiger partial charge in [0.2, 0.25) is 0 Å². The second-order valence-electron chi connectivity index (χ2n) is 4.83. The lowest BCUT2D eigenvalue weighted by atomic mass is 10.1. The van der Waals surface area contributed by atoms with Crippen molar-refractivity contribution in [3.05, 3.63) is 59.2 Å². The lowest BCUT2D eigenvalue weighted by Crippen LogP contribution is -2.08. The lowest BCUT2D eigenvalue weighted by molar-refractivity contribution is 0.269. The van der Waals surface area contributed by atoms with Gasteiger partial charge in [0.15, 0.2) is 0 Å². The molecule has 0 aliphatic rings. The second kappa shape index (κ2) is 7.18. The quantitative estimate of drug-likeness (QED) is 0.883. The first-order valence-corrected chi connectivity index (χ1v) is 7.95. The molecule has 0 saturated heterocycles. The molecule has 0 saturated carbocycles. The van der Waals surface area contributed by atoms with Crippen LogP contribution in [0.4, 0.5) is 10.5 Å². The molecule has 0 fully saturated rings. The molecule has 2 aromatic carbocycles. The number of thioether (sulfide) groups is 1. The number of hydrogen-bond acceptors (Lipinski definition) is 3. The van der Waals surface area contributed by atoms with Crippen LogP contribution in [0.3, 0.4) is 0 Å². The molecule has 0 aromatic heterocycles. The SMILES string of the molecule is CSC(=O)Nc1ccccc1COc1ccc(C)cc1C. The maximum absolute atomic E-state index is 11.5. The highest BCUT2D eigenvalue weighted by Crippen LogP contribution is 2.23. The first-order chi connectivity index (χ1) is 10.1. The fourth-order valence-corrected chi connectivity index (χ4v) is 2.26. The number of amides is 1. The Bertz CT molecular complexity index is 640. The van der Waals surface area contributed by atoms with Gasteiger partial charge < -0.3 is 10.1 Å². The molecule has 1 N–H and O–H groups in total. The molecule has 0 bridgehead atoms. The normalized spacial score (nSPS) is 10.2.